The number of hydrogen-bond acceptors (Lipinski definition) is 5. The molecule has 0 bridgehead atoms. The highest BCUT2D eigenvalue weighted by Gasteiger charge is 2.35. The molecule has 8 heteroatoms. The molecule has 124 valence electrons. The second-order valence-electron chi connectivity index (χ2n) is 6.33. The Labute approximate surface area is 134 Å². The Hall–Kier alpha value is -2.09. The minimum Gasteiger partial charge on any atom is -0.506 e. The molecule has 2 N–H and O–H groups in total. The molecule has 1 amide bonds. The quantitative estimate of drug-likeness (QED) is 0.853. The third-order valence-corrected chi connectivity index (χ3v) is 6.05. The topological polar surface area (TPSA) is 101 Å². The second-order valence-corrected chi connectivity index (χ2v) is 8.63. The van der Waals surface area contributed by atoms with Crippen LogP contribution >= 0.6 is 0 Å². The third-order valence-electron chi connectivity index (χ3n) is 4.40. The zero-order chi connectivity index (χ0) is 16.8. The van der Waals surface area contributed by atoms with Gasteiger partial charge in [-0.2, -0.15) is 0 Å². The summed E-state index contributed by atoms with van der Waals surface area (Å²) in [5, 5.41) is 12.5. The molecule has 2 aromatic heterocycles. The Kier molecular flexibility index (Phi) is 3.59. The zero-order valence-electron chi connectivity index (χ0n) is 13.0. The van der Waals surface area contributed by atoms with Gasteiger partial charge < -0.3 is 10.4 Å². The van der Waals surface area contributed by atoms with E-state index in [1.165, 1.54) is 12.3 Å². The first-order valence-electron chi connectivity index (χ1n) is 7.40. The fraction of sp³-hybridized carbons (Fsp3) is 0.467. The summed E-state index contributed by atoms with van der Waals surface area (Å²) in [6.07, 6.45) is 2.30. The van der Waals surface area contributed by atoms with Gasteiger partial charge in [0.05, 0.1) is 23.4 Å². The number of aromatic nitrogens is 2. The van der Waals surface area contributed by atoms with Crippen molar-refractivity contribution in [1.82, 2.24) is 14.7 Å². The highest BCUT2D eigenvalue weighted by atomic mass is 32.2. The summed E-state index contributed by atoms with van der Waals surface area (Å²) in [7, 11) is -2.99. The van der Waals surface area contributed by atoms with Gasteiger partial charge in [-0.3, -0.25) is 9.20 Å². The minimum atomic E-state index is -2.99. The molecular formula is C15H19N3O4S. The first-order valence-corrected chi connectivity index (χ1v) is 9.22. The summed E-state index contributed by atoms with van der Waals surface area (Å²) in [6.45, 7) is 3.61. The number of imidazole rings is 1. The standard InChI is InChI=1S/C15H19N3O4S/c1-10-13(16-12-4-3-11(19)9-18(10)12)14(20)17-15(2)5-7-23(21,22)8-6-15/h3-4,9,19H,5-8H2,1-2H3,(H,17,20). The highest BCUT2D eigenvalue weighted by molar-refractivity contribution is 7.91. The van der Waals surface area contributed by atoms with E-state index in [0.717, 1.165) is 0 Å². The summed E-state index contributed by atoms with van der Waals surface area (Å²) in [5.74, 6) is -0.0641. The number of fused-ring (bicyclic) bond motifs is 1. The molecule has 0 radical (unpaired) electrons. The van der Waals surface area contributed by atoms with Crippen molar-refractivity contribution in [1.29, 1.82) is 0 Å². The van der Waals surface area contributed by atoms with E-state index in [2.05, 4.69) is 10.3 Å². The van der Waals surface area contributed by atoms with Gasteiger partial charge in [-0.15, -0.1) is 0 Å². The average Bonchev–Trinajstić information content (AvgIpc) is 2.80. The number of aryl methyl sites for hydroxylation is 1. The number of hydrogen-bond donors (Lipinski definition) is 2. The van der Waals surface area contributed by atoms with E-state index in [-0.39, 0.29) is 28.9 Å². The number of amides is 1. The number of sulfone groups is 1. The molecule has 0 aromatic carbocycles. The predicted octanol–water partition coefficient (Wildman–Crippen LogP) is 1.05. The summed E-state index contributed by atoms with van der Waals surface area (Å²) < 4.78 is 24.7. The Morgan fingerprint density at radius 3 is 2.65 bits per heavy atom. The van der Waals surface area contributed by atoms with Crippen LogP contribution in [-0.4, -0.2) is 45.9 Å². The number of carbonyl (C=O) groups is 1. The minimum absolute atomic E-state index is 0.0851. The van der Waals surface area contributed by atoms with Crippen LogP contribution in [-0.2, 0) is 9.84 Å². The highest BCUT2D eigenvalue weighted by Crippen LogP contribution is 2.24. The van der Waals surface area contributed by atoms with Crippen LogP contribution < -0.4 is 5.32 Å². The Morgan fingerprint density at radius 1 is 1.35 bits per heavy atom. The molecule has 1 aliphatic heterocycles. The van der Waals surface area contributed by atoms with Crippen molar-refractivity contribution in [2.24, 2.45) is 0 Å². The summed E-state index contributed by atoms with van der Waals surface area (Å²) in [4.78, 5) is 16.9. The number of carbonyl (C=O) groups excluding carboxylic acids is 1. The lowest BCUT2D eigenvalue weighted by molar-refractivity contribution is 0.0894. The smallest absolute Gasteiger partial charge is 0.272 e. The van der Waals surface area contributed by atoms with E-state index in [4.69, 9.17) is 0 Å². The number of nitrogens with one attached hydrogen (secondary N) is 1. The van der Waals surface area contributed by atoms with Crippen LogP contribution in [0.5, 0.6) is 5.75 Å². The van der Waals surface area contributed by atoms with Gasteiger partial charge in [0.2, 0.25) is 0 Å². The average molecular weight is 337 g/mol. The molecular weight excluding hydrogens is 318 g/mol. The number of nitrogens with zero attached hydrogens (tertiary/aromatic N) is 2. The van der Waals surface area contributed by atoms with Gasteiger partial charge in [-0.1, -0.05) is 0 Å². The fourth-order valence-corrected chi connectivity index (χ4v) is 4.54. The lowest BCUT2D eigenvalue weighted by Crippen LogP contribution is -2.51. The molecule has 0 spiro atoms. The molecule has 1 saturated heterocycles. The van der Waals surface area contributed by atoms with E-state index < -0.39 is 15.4 Å². The van der Waals surface area contributed by atoms with Gasteiger partial charge in [-0.25, -0.2) is 13.4 Å². The van der Waals surface area contributed by atoms with Crippen LogP contribution in [0.15, 0.2) is 18.3 Å². The van der Waals surface area contributed by atoms with E-state index in [1.807, 2.05) is 6.92 Å². The maximum Gasteiger partial charge on any atom is 0.272 e. The van der Waals surface area contributed by atoms with Crippen LogP contribution in [0.1, 0.15) is 35.9 Å². The van der Waals surface area contributed by atoms with E-state index >= 15 is 0 Å². The lowest BCUT2D eigenvalue weighted by Gasteiger charge is -2.34. The van der Waals surface area contributed by atoms with E-state index in [1.54, 1.807) is 17.4 Å². The van der Waals surface area contributed by atoms with E-state index in [9.17, 15) is 18.3 Å². The normalized spacial score (nSPS) is 19.6. The monoisotopic (exact) mass is 337 g/mol. The molecule has 1 aliphatic rings. The molecule has 3 heterocycles. The molecule has 0 atom stereocenters. The largest absolute Gasteiger partial charge is 0.506 e. The van der Waals surface area contributed by atoms with Crippen LogP contribution in [0.2, 0.25) is 0 Å². The Morgan fingerprint density at radius 2 is 2.00 bits per heavy atom. The van der Waals surface area contributed by atoms with Crippen molar-refractivity contribution in [2.75, 3.05) is 11.5 Å². The first kappa shape index (κ1) is 15.8. The number of rotatable bonds is 2. The molecule has 3 rings (SSSR count). The van der Waals surface area contributed by atoms with Crippen LogP contribution in [0.3, 0.4) is 0 Å². The maximum atomic E-state index is 12.6. The molecule has 0 saturated carbocycles. The van der Waals surface area contributed by atoms with Gasteiger partial charge in [0.15, 0.2) is 0 Å². The number of pyridine rings is 1. The lowest BCUT2D eigenvalue weighted by atomic mass is 9.94. The van der Waals surface area contributed by atoms with Crippen LogP contribution in [0.4, 0.5) is 0 Å². The molecule has 0 unspecified atom stereocenters. The summed E-state index contributed by atoms with van der Waals surface area (Å²) >= 11 is 0. The van der Waals surface area contributed by atoms with E-state index in [0.29, 0.717) is 24.2 Å². The second kappa shape index (κ2) is 5.23. The molecule has 1 fully saturated rings. The summed E-state index contributed by atoms with van der Waals surface area (Å²) in [6, 6.07) is 3.14. The first-order chi connectivity index (χ1) is 10.7. The molecule has 2 aromatic rings. The predicted molar refractivity (Wildman–Crippen MR) is 85.4 cm³/mol. The third kappa shape index (κ3) is 3.03. The molecule has 23 heavy (non-hydrogen) atoms. The van der Waals surface area contributed by atoms with Crippen molar-refractivity contribution in [3.63, 3.8) is 0 Å². The van der Waals surface area contributed by atoms with Gasteiger partial charge in [0.25, 0.3) is 5.91 Å². The maximum absolute atomic E-state index is 12.6. The van der Waals surface area contributed by atoms with Gasteiger partial charge in [0, 0.05) is 5.54 Å². The van der Waals surface area contributed by atoms with Crippen molar-refractivity contribution >= 4 is 21.4 Å². The van der Waals surface area contributed by atoms with Crippen molar-refractivity contribution in [3.8, 4) is 5.75 Å². The van der Waals surface area contributed by atoms with Crippen molar-refractivity contribution < 1.29 is 18.3 Å². The van der Waals surface area contributed by atoms with Crippen molar-refractivity contribution in [2.45, 2.75) is 32.2 Å². The van der Waals surface area contributed by atoms with Gasteiger partial charge in [0.1, 0.15) is 26.9 Å². The molecule has 7 nitrogen and oxygen atoms in total. The van der Waals surface area contributed by atoms with Crippen LogP contribution in [0.25, 0.3) is 5.65 Å². The number of aromatic hydroxyl groups is 1. The van der Waals surface area contributed by atoms with Crippen molar-refractivity contribution in [3.05, 3.63) is 29.7 Å². The zero-order valence-corrected chi connectivity index (χ0v) is 13.9. The molecule has 0 aliphatic carbocycles. The van der Waals surface area contributed by atoms with Gasteiger partial charge >= 0.3 is 0 Å². The SMILES string of the molecule is Cc1c(C(=O)NC2(C)CCS(=O)(=O)CC2)nc2ccc(O)cn12. The van der Waals surface area contributed by atoms with Gasteiger partial charge in [-0.05, 0) is 38.8 Å². The fourth-order valence-electron chi connectivity index (χ4n) is 2.81. The Bertz CT molecular complexity index is 872. The Balaban J connectivity index is 1.85. The summed E-state index contributed by atoms with van der Waals surface area (Å²) in [5.41, 5.74) is 0.930. The van der Waals surface area contributed by atoms with Crippen LogP contribution in [0, 0.1) is 6.92 Å².